The second kappa shape index (κ2) is 4.06. The molecule has 0 spiro atoms. The van der Waals surface area contributed by atoms with Crippen molar-refractivity contribution in [3.8, 4) is 0 Å². The minimum absolute atomic E-state index is 0.0581. The summed E-state index contributed by atoms with van der Waals surface area (Å²) in [6, 6.07) is 9.20. The topological polar surface area (TPSA) is 36.3 Å². The van der Waals surface area contributed by atoms with Crippen molar-refractivity contribution in [2.75, 3.05) is 6.54 Å². The van der Waals surface area contributed by atoms with Gasteiger partial charge in [0.05, 0.1) is 6.04 Å². The van der Waals surface area contributed by atoms with Gasteiger partial charge >= 0.3 is 0 Å². The molecule has 2 heterocycles. The molecule has 1 aromatic carbocycles. The Morgan fingerprint density at radius 1 is 1.35 bits per heavy atom. The third-order valence-corrected chi connectivity index (χ3v) is 3.77. The van der Waals surface area contributed by atoms with Crippen LogP contribution in [0.3, 0.4) is 0 Å². The molecule has 0 amide bonds. The van der Waals surface area contributed by atoms with Gasteiger partial charge in [-0.05, 0) is 31.7 Å². The Labute approximate surface area is 102 Å². The molecule has 1 N–H and O–H groups in total. The molecule has 17 heavy (non-hydrogen) atoms. The first-order chi connectivity index (χ1) is 8.25. The van der Waals surface area contributed by atoms with E-state index < -0.39 is 0 Å². The molecule has 90 valence electrons. The minimum Gasteiger partial charge on any atom is -0.455 e. The number of rotatable bonds is 1. The lowest BCUT2D eigenvalue weighted by molar-refractivity contribution is 0.167. The largest absolute Gasteiger partial charge is 0.455 e. The molecule has 2 aliphatic rings. The standard InChI is InChI=1S/C14H18N2O/c1-10-5-4-6-11(9-10)13-12-7-2-3-8-16(12)14(15)17-13/h4-6,9,12-13,15H,2-3,7-8H2,1H3/t12-,13-/m0/s1. The fourth-order valence-corrected chi connectivity index (χ4v) is 2.93. The fourth-order valence-electron chi connectivity index (χ4n) is 2.93. The summed E-state index contributed by atoms with van der Waals surface area (Å²) in [4.78, 5) is 2.12. The van der Waals surface area contributed by atoms with Crippen LogP contribution in [-0.2, 0) is 4.74 Å². The fraction of sp³-hybridized carbons (Fsp3) is 0.500. The Morgan fingerprint density at radius 2 is 2.24 bits per heavy atom. The maximum atomic E-state index is 7.91. The van der Waals surface area contributed by atoms with Crippen molar-refractivity contribution in [1.29, 1.82) is 5.41 Å². The van der Waals surface area contributed by atoms with E-state index in [1.807, 2.05) is 0 Å². The summed E-state index contributed by atoms with van der Waals surface area (Å²) in [7, 11) is 0. The molecule has 2 fully saturated rings. The highest BCUT2D eigenvalue weighted by atomic mass is 16.5. The van der Waals surface area contributed by atoms with Crippen molar-refractivity contribution < 1.29 is 4.74 Å². The molecular formula is C14H18N2O. The summed E-state index contributed by atoms with van der Waals surface area (Å²) >= 11 is 0. The maximum absolute atomic E-state index is 7.91. The van der Waals surface area contributed by atoms with Crippen LogP contribution in [0.1, 0.15) is 36.5 Å². The van der Waals surface area contributed by atoms with E-state index in [9.17, 15) is 0 Å². The van der Waals surface area contributed by atoms with Gasteiger partial charge in [0.25, 0.3) is 6.02 Å². The van der Waals surface area contributed by atoms with Crippen molar-refractivity contribution in [3.05, 3.63) is 35.4 Å². The van der Waals surface area contributed by atoms with Crippen LogP contribution in [0.4, 0.5) is 0 Å². The number of hydrogen-bond donors (Lipinski definition) is 1. The lowest BCUT2D eigenvalue weighted by Crippen LogP contribution is -2.38. The molecular weight excluding hydrogens is 212 g/mol. The number of benzene rings is 1. The first-order valence-corrected chi connectivity index (χ1v) is 6.34. The van der Waals surface area contributed by atoms with Crippen LogP contribution in [0, 0.1) is 12.3 Å². The molecule has 2 aliphatic heterocycles. The highest BCUT2D eigenvalue weighted by Crippen LogP contribution is 2.37. The van der Waals surface area contributed by atoms with Gasteiger partial charge in [0.2, 0.25) is 0 Å². The summed E-state index contributed by atoms with van der Waals surface area (Å²) in [6.45, 7) is 3.08. The normalized spacial score (nSPS) is 27.8. The van der Waals surface area contributed by atoms with E-state index in [1.54, 1.807) is 0 Å². The predicted molar refractivity (Wildman–Crippen MR) is 67.1 cm³/mol. The number of hydrogen-bond acceptors (Lipinski definition) is 2. The van der Waals surface area contributed by atoms with Crippen LogP contribution < -0.4 is 0 Å². The van der Waals surface area contributed by atoms with Crippen LogP contribution in [0.2, 0.25) is 0 Å². The van der Waals surface area contributed by atoms with Gasteiger partial charge in [0.15, 0.2) is 0 Å². The number of fused-ring (bicyclic) bond motifs is 1. The molecule has 2 saturated heterocycles. The van der Waals surface area contributed by atoms with Gasteiger partial charge in [-0.25, -0.2) is 0 Å². The van der Waals surface area contributed by atoms with E-state index in [0.29, 0.717) is 12.1 Å². The third kappa shape index (κ3) is 1.79. The number of amidine groups is 1. The van der Waals surface area contributed by atoms with Gasteiger partial charge in [-0.15, -0.1) is 0 Å². The van der Waals surface area contributed by atoms with Crippen molar-refractivity contribution in [1.82, 2.24) is 4.90 Å². The molecule has 0 bridgehead atoms. The predicted octanol–water partition coefficient (Wildman–Crippen LogP) is 2.86. The van der Waals surface area contributed by atoms with Gasteiger partial charge in [-0.1, -0.05) is 29.8 Å². The highest BCUT2D eigenvalue weighted by molar-refractivity contribution is 5.73. The number of nitrogens with zero attached hydrogens (tertiary/aromatic N) is 1. The number of ether oxygens (including phenoxy) is 1. The zero-order valence-corrected chi connectivity index (χ0v) is 10.1. The average molecular weight is 230 g/mol. The molecule has 3 rings (SSSR count). The number of nitrogens with one attached hydrogen (secondary N) is 1. The van der Waals surface area contributed by atoms with E-state index in [-0.39, 0.29) is 6.10 Å². The van der Waals surface area contributed by atoms with E-state index in [1.165, 1.54) is 24.0 Å². The quantitative estimate of drug-likeness (QED) is 0.805. The lowest BCUT2D eigenvalue weighted by Gasteiger charge is -2.29. The van der Waals surface area contributed by atoms with E-state index in [2.05, 4.69) is 36.1 Å². The molecule has 0 radical (unpaired) electrons. The van der Waals surface area contributed by atoms with E-state index in [4.69, 9.17) is 10.1 Å². The van der Waals surface area contributed by atoms with Crippen LogP contribution in [0.5, 0.6) is 0 Å². The Bertz CT molecular complexity index is 444. The Morgan fingerprint density at radius 3 is 3.06 bits per heavy atom. The molecule has 0 saturated carbocycles. The Hall–Kier alpha value is -1.51. The van der Waals surface area contributed by atoms with E-state index >= 15 is 0 Å². The smallest absolute Gasteiger partial charge is 0.285 e. The summed E-state index contributed by atoms with van der Waals surface area (Å²) in [6.07, 6.45) is 3.63. The SMILES string of the molecule is Cc1cccc([C@@H]2OC(=N)N3CCCC[C@@H]23)c1. The second-order valence-electron chi connectivity index (χ2n) is 5.01. The minimum atomic E-state index is 0.0581. The first-order valence-electron chi connectivity index (χ1n) is 6.34. The van der Waals surface area contributed by atoms with Crippen molar-refractivity contribution in [3.63, 3.8) is 0 Å². The highest BCUT2D eigenvalue weighted by Gasteiger charge is 2.41. The molecule has 2 atom stereocenters. The van der Waals surface area contributed by atoms with Gasteiger partial charge < -0.3 is 9.64 Å². The summed E-state index contributed by atoms with van der Waals surface area (Å²) in [5, 5.41) is 7.91. The van der Waals surface area contributed by atoms with Crippen molar-refractivity contribution >= 4 is 6.02 Å². The monoisotopic (exact) mass is 230 g/mol. The summed E-state index contributed by atoms with van der Waals surface area (Å²) in [5.41, 5.74) is 2.47. The molecule has 0 aliphatic carbocycles. The Balaban J connectivity index is 1.91. The molecule has 3 heteroatoms. The second-order valence-corrected chi connectivity index (χ2v) is 5.01. The van der Waals surface area contributed by atoms with Gasteiger partial charge in [-0.3, -0.25) is 5.41 Å². The van der Waals surface area contributed by atoms with E-state index in [0.717, 1.165) is 13.0 Å². The zero-order valence-electron chi connectivity index (χ0n) is 10.1. The molecule has 0 aromatic heterocycles. The zero-order chi connectivity index (χ0) is 11.8. The van der Waals surface area contributed by atoms with Gasteiger partial charge in [0.1, 0.15) is 6.10 Å². The van der Waals surface area contributed by atoms with Crippen LogP contribution >= 0.6 is 0 Å². The maximum Gasteiger partial charge on any atom is 0.285 e. The van der Waals surface area contributed by atoms with Crippen LogP contribution in [-0.4, -0.2) is 23.5 Å². The Kier molecular flexibility index (Phi) is 2.54. The lowest BCUT2D eigenvalue weighted by atomic mass is 9.94. The number of aryl methyl sites for hydroxylation is 1. The van der Waals surface area contributed by atoms with Crippen molar-refractivity contribution in [2.45, 2.75) is 38.3 Å². The first kappa shape index (κ1) is 10.6. The van der Waals surface area contributed by atoms with Crippen LogP contribution in [0.25, 0.3) is 0 Å². The summed E-state index contributed by atoms with van der Waals surface area (Å²) < 4.78 is 5.76. The molecule has 0 unspecified atom stereocenters. The molecule has 3 nitrogen and oxygen atoms in total. The van der Waals surface area contributed by atoms with Gasteiger partial charge in [-0.2, -0.15) is 0 Å². The average Bonchev–Trinajstić information content (AvgIpc) is 2.68. The number of piperidine rings is 1. The third-order valence-electron chi connectivity index (χ3n) is 3.77. The van der Waals surface area contributed by atoms with Crippen molar-refractivity contribution in [2.24, 2.45) is 0 Å². The van der Waals surface area contributed by atoms with Gasteiger partial charge in [0, 0.05) is 6.54 Å². The van der Waals surface area contributed by atoms with Crippen LogP contribution in [0.15, 0.2) is 24.3 Å². The summed E-state index contributed by atoms with van der Waals surface area (Å²) in [5.74, 6) is 0. The molecule has 1 aromatic rings.